The summed E-state index contributed by atoms with van der Waals surface area (Å²) in [5.74, 6) is 0.670. The van der Waals surface area contributed by atoms with Crippen molar-refractivity contribution in [3.63, 3.8) is 0 Å². The molecule has 0 fully saturated rings. The number of phosphoric acid groups is 1. The third-order valence-corrected chi connectivity index (χ3v) is 6.34. The Labute approximate surface area is 196 Å². The minimum atomic E-state index is -4.64. The zero-order valence-corrected chi connectivity index (χ0v) is 21.6. The van der Waals surface area contributed by atoms with Crippen molar-refractivity contribution in [2.75, 3.05) is 6.61 Å². The molecule has 186 valence electrons. The van der Waals surface area contributed by atoms with Crippen LogP contribution in [-0.2, 0) is 17.4 Å². The van der Waals surface area contributed by atoms with E-state index in [1.807, 2.05) is 13.0 Å². The molecule has 0 aliphatic rings. The number of phosphoric ester groups is 1. The normalized spacial score (nSPS) is 11.7. The van der Waals surface area contributed by atoms with Gasteiger partial charge in [0.2, 0.25) is 0 Å². The van der Waals surface area contributed by atoms with E-state index in [1.165, 1.54) is 76.2 Å². The number of hydrogen-bond acceptors (Lipinski definition) is 3. The Morgan fingerprint density at radius 2 is 1.22 bits per heavy atom. The van der Waals surface area contributed by atoms with Gasteiger partial charge in [-0.1, -0.05) is 97.0 Å². The van der Waals surface area contributed by atoms with Gasteiger partial charge in [-0.25, -0.2) is 4.57 Å². The first kappa shape index (κ1) is 29.0. The molecule has 0 atom stereocenters. The van der Waals surface area contributed by atoms with E-state index in [0.29, 0.717) is 12.4 Å². The summed E-state index contributed by atoms with van der Waals surface area (Å²) in [6.45, 7) is 6.79. The lowest BCUT2D eigenvalue weighted by Gasteiger charge is -2.19. The van der Waals surface area contributed by atoms with Crippen LogP contribution in [0.25, 0.3) is 0 Å². The van der Waals surface area contributed by atoms with Gasteiger partial charge in [0.25, 0.3) is 0 Å². The summed E-state index contributed by atoms with van der Waals surface area (Å²) in [5, 5.41) is 0. The summed E-state index contributed by atoms with van der Waals surface area (Å²) in [6.07, 6.45) is 19.2. The lowest BCUT2D eigenvalue weighted by molar-refractivity contribution is 0.269. The maximum Gasteiger partial charge on any atom is 0.524 e. The molecule has 0 unspecified atom stereocenters. The van der Waals surface area contributed by atoms with Crippen LogP contribution in [0.1, 0.15) is 122 Å². The van der Waals surface area contributed by atoms with Crippen LogP contribution in [0, 0.1) is 0 Å². The molecule has 1 rings (SSSR count). The van der Waals surface area contributed by atoms with E-state index < -0.39 is 7.82 Å². The second kappa shape index (κ2) is 17.4. The molecule has 0 saturated carbocycles. The van der Waals surface area contributed by atoms with E-state index in [-0.39, 0.29) is 5.75 Å². The summed E-state index contributed by atoms with van der Waals surface area (Å²) >= 11 is 0. The first-order chi connectivity index (χ1) is 15.4. The molecular formula is C26H47O5P. The topological polar surface area (TPSA) is 76.0 Å². The molecule has 2 N–H and O–H groups in total. The second-order valence-corrected chi connectivity index (χ2v) is 9.95. The second-order valence-electron chi connectivity index (χ2n) is 8.79. The van der Waals surface area contributed by atoms with Gasteiger partial charge >= 0.3 is 7.82 Å². The van der Waals surface area contributed by atoms with Crippen LogP contribution in [0.3, 0.4) is 0 Å². The quantitative estimate of drug-likeness (QED) is 0.149. The highest BCUT2D eigenvalue weighted by molar-refractivity contribution is 7.46. The van der Waals surface area contributed by atoms with Crippen LogP contribution in [-0.4, -0.2) is 16.4 Å². The van der Waals surface area contributed by atoms with Gasteiger partial charge in [-0.15, -0.1) is 0 Å². The van der Waals surface area contributed by atoms with Crippen molar-refractivity contribution in [3.8, 4) is 11.5 Å². The number of unbranched alkanes of at least 4 members (excludes halogenated alkanes) is 12. The van der Waals surface area contributed by atoms with Crippen LogP contribution in [0.2, 0.25) is 0 Å². The fourth-order valence-corrected chi connectivity index (χ4v) is 4.59. The van der Waals surface area contributed by atoms with Crippen LogP contribution in [0.5, 0.6) is 11.5 Å². The smallest absolute Gasteiger partial charge is 0.490 e. The van der Waals surface area contributed by atoms with Crippen molar-refractivity contribution in [2.45, 2.75) is 124 Å². The largest absolute Gasteiger partial charge is 0.524 e. The molecule has 1 aromatic carbocycles. The molecule has 1 aromatic rings. The van der Waals surface area contributed by atoms with Gasteiger partial charge in [-0.3, -0.25) is 9.79 Å². The lowest BCUT2D eigenvalue weighted by Crippen LogP contribution is -2.05. The van der Waals surface area contributed by atoms with Gasteiger partial charge in [0.15, 0.2) is 11.5 Å². The Morgan fingerprint density at radius 3 is 1.72 bits per heavy atom. The molecule has 0 aliphatic carbocycles. The van der Waals surface area contributed by atoms with E-state index in [1.54, 1.807) is 6.07 Å². The zero-order valence-electron chi connectivity index (χ0n) is 20.7. The van der Waals surface area contributed by atoms with Gasteiger partial charge in [-0.05, 0) is 44.2 Å². The molecule has 6 heteroatoms. The van der Waals surface area contributed by atoms with Gasteiger partial charge in [0.05, 0.1) is 6.61 Å². The lowest BCUT2D eigenvalue weighted by atomic mass is 9.95. The van der Waals surface area contributed by atoms with Crippen molar-refractivity contribution in [1.29, 1.82) is 0 Å². The van der Waals surface area contributed by atoms with Gasteiger partial charge in [-0.2, -0.15) is 0 Å². The third kappa shape index (κ3) is 12.9. The molecule has 0 radical (unpaired) electrons. The average Bonchev–Trinajstić information content (AvgIpc) is 2.74. The van der Waals surface area contributed by atoms with Crippen molar-refractivity contribution < 1.29 is 23.6 Å². The van der Waals surface area contributed by atoms with Crippen LogP contribution in [0.4, 0.5) is 0 Å². The Balaban J connectivity index is 2.83. The Kier molecular flexibility index (Phi) is 15.8. The van der Waals surface area contributed by atoms with E-state index in [2.05, 4.69) is 13.8 Å². The zero-order chi connectivity index (χ0) is 23.7. The number of hydrogen-bond donors (Lipinski definition) is 2. The average molecular weight is 471 g/mol. The number of aryl methyl sites for hydroxylation is 1. The molecular weight excluding hydrogens is 423 g/mol. The fraction of sp³-hybridized carbons (Fsp3) is 0.769. The van der Waals surface area contributed by atoms with Crippen LogP contribution < -0.4 is 9.26 Å². The van der Waals surface area contributed by atoms with Crippen molar-refractivity contribution in [3.05, 3.63) is 23.3 Å². The highest BCUT2D eigenvalue weighted by Gasteiger charge is 2.22. The molecule has 0 aromatic heterocycles. The van der Waals surface area contributed by atoms with Gasteiger partial charge in [0, 0.05) is 5.56 Å². The van der Waals surface area contributed by atoms with E-state index in [4.69, 9.17) is 9.26 Å². The van der Waals surface area contributed by atoms with Gasteiger partial charge < -0.3 is 9.26 Å². The SMILES string of the molecule is CCCCCCCCCc1ccc(OP(=O)(O)O)c(OCC)c1CCCCCCCCC. The predicted molar refractivity (Wildman–Crippen MR) is 134 cm³/mol. The molecule has 0 amide bonds. The Bertz CT molecular complexity index is 656. The van der Waals surface area contributed by atoms with Crippen molar-refractivity contribution in [1.82, 2.24) is 0 Å². The van der Waals surface area contributed by atoms with E-state index in [0.717, 1.165) is 37.7 Å². The predicted octanol–water partition coefficient (Wildman–Crippen LogP) is 8.14. The van der Waals surface area contributed by atoms with Crippen molar-refractivity contribution >= 4 is 7.82 Å². The summed E-state index contributed by atoms with van der Waals surface area (Å²) < 4.78 is 22.3. The third-order valence-electron chi connectivity index (χ3n) is 5.91. The minimum Gasteiger partial charge on any atom is -0.490 e. The minimum absolute atomic E-state index is 0.154. The highest BCUT2D eigenvalue weighted by atomic mass is 31.2. The molecule has 32 heavy (non-hydrogen) atoms. The number of ether oxygens (including phenoxy) is 1. The molecule has 0 bridgehead atoms. The maximum absolute atomic E-state index is 11.5. The monoisotopic (exact) mass is 470 g/mol. The van der Waals surface area contributed by atoms with Crippen LogP contribution >= 0.6 is 7.82 Å². The highest BCUT2D eigenvalue weighted by Crippen LogP contribution is 2.44. The summed E-state index contributed by atoms with van der Waals surface area (Å²) in [7, 11) is -4.64. The summed E-state index contributed by atoms with van der Waals surface area (Å²) in [4.78, 5) is 18.7. The Morgan fingerprint density at radius 1 is 0.719 bits per heavy atom. The standard InChI is InChI=1S/C26H47O5P/c1-4-7-9-11-13-15-17-19-23-21-22-25(31-32(27,28)29)26(30-6-3)24(23)20-18-16-14-12-10-8-5-2/h21-22H,4-20H2,1-3H3,(H2,27,28,29). The fourth-order valence-electron chi connectivity index (χ4n) is 4.19. The molecule has 0 aliphatic heterocycles. The maximum atomic E-state index is 11.5. The number of benzene rings is 1. The first-order valence-electron chi connectivity index (χ1n) is 13.0. The van der Waals surface area contributed by atoms with E-state index >= 15 is 0 Å². The van der Waals surface area contributed by atoms with Crippen molar-refractivity contribution in [2.24, 2.45) is 0 Å². The molecule has 0 spiro atoms. The summed E-state index contributed by atoms with van der Waals surface area (Å²) in [6, 6.07) is 3.64. The van der Waals surface area contributed by atoms with Crippen LogP contribution in [0.15, 0.2) is 12.1 Å². The van der Waals surface area contributed by atoms with Gasteiger partial charge in [0.1, 0.15) is 0 Å². The first-order valence-corrected chi connectivity index (χ1v) is 14.5. The number of rotatable bonds is 20. The molecule has 5 nitrogen and oxygen atoms in total. The molecule has 0 heterocycles. The summed E-state index contributed by atoms with van der Waals surface area (Å²) in [5.41, 5.74) is 2.29. The van der Waals surface area contributed by atoms with E-state index in [9.17, 15) is 14.4 Å². The Hall–Kier alpha value is -1.03. The molecule has 0 saturated heterocycles.